The number of fused-ring (bicyclic) bond motifs is 1. The van der Waals surface area contributed by atoms with Crippen LogP contribution in [-0.4, -0.2) is 50.5 Å². The molecule has 3 aromatic heterocycles. The number of nitrogens with zero attached hydrogens (tertiary/aromatic N) is 3. The first kappa shape index (κ1) is 23.7. The molecular formula is C28H25ClN4O4. The highest BCUT2D eigenvalue weighted by atomic mass is 35.5. The van der Waals surface area contributed by atoms with Crippen molar-refractivity contribution in [2.75, 3.05) is 13.2 Å². The maximum Gasteiger partial charge on any atom is 0.296 e. The zero-order valence-electron chi connectivity index (χ0n) is 20.1. The molecule has 1 saturated heterocycles. The summed E-state index contributed by atoms with van der Waals surface area (Å²) in [5, 5.41) is 9.90. The molecule has 0 saturated carbocycles. The third kappa shape index (κ3) is 4.83. The van der Waals surface area contributed by atoms with Gasteiger partial charge in [-0.1, -0.05) is 54.9 Å². The van der Waals surface area contributed by atoms with E-state index in [9.17, 15) is 5.11 Å². The van der Waals surface area contributed by atoms with Gasteiger partial charge in [0.2, 0.25) is 5.89 Å². The summed E-state index contributed by atoms with van der Waals surface area (Å²) in [7, 11) is 0. The van der Waals surface area contributed by atoms with Crippen LogP contribution < -0.4 is 4.74 Å². The van der Waals surface area contributed by atoms with E-state index in [1.165, 1.54) is 0 Å². The molecule has 188 valence electrons. The number of benzene rings is 2. The first-order chi connectivity index (χ1) is 18.1. The summed E-state index contributed by atoms with van der Waals surface area (Å²) in [5.74, 6) is 0.795. The largest absolute Gasteiger partial charge is 0.459 e. The lowest BCUT2D eigenvalue weighted by molar-refractivity contribution is -0.0958. The maximum atomic E-state index is 9.38. The number of aliphatic hydroxyl groups is 1. The van der Waals surface area contributed by atoms with Gasteiger partial charge in [-0.3, -0.25) is 0 Å². The van der Waals surface area contributed by atoms with Gasteiger partial charge in [-0.15, -0.1) is 0 Å². The van der Waals surface area contributed by atoms with Crippen LogP contribution in [0.3, 0.4) is 0 Å². The first-order valence-corrected chi connectivity index (χ1v) is 12.5. The lowest BCUT2D eigenvalue weighted by atomic mass is 9.95. The smallest absolute Gasteiger partial charge is 0.296 e. The average Bonchev–Trinajstić information content (AvgIpc) is 3.59. The summed E-state index contributed by atoms with van der Waals surface area (Å²) >= 11 is 6.60. The Morgan fingerprint density at radius 3 is 2.38 bits per heavy atom. The fourth-order valence-electron chi connectivity index (χ4n) is 4.65. The fourth-order valence-corrected chi connectivity index (χ4v) is 4.91. The third-order valence-corrected chi connectivity index (χ3v) is 6.97. The molecule has 1 aliphatic rings. The van der Waals surface area contributed by atoms with Crippen molar-refractivity contribution in [3.63, 3.8) is 0 Å². The van der Waals surface area contributed by atoms with Gasteiger partial charge in [0.1, 0.15) is 12.4 Å². The normalized spacial score (nSPS) is 19.8. The van der Waals surface area contributed by atoms with Gasteiger partial charge in [-0.05, 0) is 41.7 Å². The van der Waals surface area contributed by atoms with Crippen molar-refractivity contribution < 1.29 is 19.0 Å². The van der Waals surface area contributed by atoms with Gasteiger partial charge < -0.3 is 24.0 Å². The lowest BCUT2D eigenvalue weighted by Gasteiger charge is -2.32. The molecule has 0 spiro atoms. The van der Waals surface area contributed by atoms with Crippen LogP contribution in [-0.2, 0) is 4.74 Å². The van der Waals surface area contributed by atoms with Gasteiger partial charge in [0, 0.05) is 11.1 Å². The van der Waals surface area contributed by atoms with Crippen LogP contribution in [0.15, 0.2) is 71.5 Å². The number of hydrogen-bond donors (Lipinski definition) is 2. The SMILES string of the molecule is C[C@H]1C[C@@H](Oc2nc3nc(-c4ccc(-c5ccc(-c6ncco6)cc5)cc4)c(Cl)cc3[nH]2)CO[C@@H]1CO. The topological polar surface area (TPSA) is 106 Å². The number of halogens is 1. The third-order valence-electron chi connectivity index (χ3n) is 6.68. The Balaban J connectivity index is 1.20. The molecule has 5 aromatic rings. The Bertz CT molecular complexity index is 1500. The van der Waals surface area contributed by atoms with Gasteiger partial charge >= 0.3 is 0 Å². The number of rotatable bonds is 6. The van der Waals surface area contributed by atoms with Gasteiger partial charge in [-0.25, -0.2) is 9.97 Å². The van der Waals surface area contributed by atoms with E-state index in [0.29, 0.717) is 40.4 Å². The monoisotopic (exact) mass is 516 g/mol. The number of imidazole rings is 1. The predicted molar refractivity (Wildman–Crippen MR) is 140 cm³/mol. The summed E-state index contributed by atoms with van der Waals surface area (Å²) in [6.07, 6.45) is 3.68. The molecule has 2 N–H and O–H groups in total. The number of aromatic amines is 1. The minimum Gasteiger partial charge on any atom is -0.459 e. The molecule has 9 heteroatoms. The molecule has 0 amide bonds. The maximum absolute atomic E-state index is 9.38. The average molecular weight is 517 g/mol. The summed E-state index contributed by atoms with van der Waals surface area (Å²) in [6, 6.07) is 18.3. The fraction of sp³-hybridized carbons (Fsp3) is 0.250. The van der Waals surface area contributed by atoms with Crippen molar-refractivity contribution in [1.82, 2.24) is 19.9 Å². The molecule has 2 aromatic carbocycles. The van der Waals surface area contributed by atoms with E-state index >= 15 is 0 Å². The molecule has 0 aliphatic carbocycles. The molecule has 3 atom stereocenters. The van der Waals surface area contributed by atoms with Gasteiger partial charge in [-0.2, -0.15) is 4.98 Å². The highest BCUT2D eigenvalue weighted by Gasteiger charge is 2.29. The zero-order valence-corrected chi connectivity index (χ0v) is 20.9. The molecule has 37 heavy (non-hydrogen) atoms. The summed E-state index contributed by atoms with van der Waals surface area (Å²) in [6.45, 7) is 2.46. The Hall–Kier alpha value is -3.72. The highest BCUT2D eigenvalue weighted by Crippen LogP contribution is 2.32. The predicted octanol–water partition coefficient (Wildman–Crippen LogP) is 5.77. The van der Waals surface area contributed by atoms with Gasteiger partial charge in [0.05, 0.1) is 41.7 Å². The van der Waals surface area contributed by atoms with Gasteiger partial charge in [0.25, 0.3) is 6.01 Å². The van der Waals surface area contributed by atoms with Crippen LogP contribution in [0.5, 0.6) is 6.01 Å². The Morgan fingerprint density at radius 2 is 1.73 bits per heavy atom. The second-order valence-corrected chi connectivity index (χ2v) is 9.64. The van der Waals surface area contributed by atoms with Crippen LogP contribution in [0, 0.1) is 5.92 Å². The zero-order chi connectivity index (χ0) is 25.4. The molecular weight excluding hydrogens is 492 g/mol. The van der Waals surface area contributed by atoms with Crippen molar-refractivity contribution in [2.45, 2.75) is 25.6 Å². The van der Waals surface area contributed by atoms with E-state index in [1.54, 1.807) is 12.5 Å². The van der Waals surface area contributed by atoms with E-state index < -0.39 is 0 Å². The summed E-state index contributed by atoms with van der Waals surface area (Å²) in [4.78, 5) is 16.6. The van der Waals surface area contributed by atoms with Crippen LogP contribution in [0.25, 0.3) is 45.0 Å². The Labute approximate surface area is 218 Å². The molecule has 4 heterocycles. The second-order valence-electron chi connectivity index (χ2n) is 9.23. The lowest BCUT2D eigenvalue weighted by Crippen LogP contribution is -2.40. The second kappa shape index (κ2) is 9.97. The molecule has 1 aliphatic heterocycles. The minimum absolute atomic E-state index is 0.0144. The number of aromatic nitrogens is 4. The highest BCUT2D eigenvalue weighted by molar-refractivity contribution is 6.33. The molecule has 0 radical (unpaired) electrons. The summed E-state index contributed by atoms with van der Waals surface area (Å²) < 4.78 is 17.1. The van der Waals surface area contributed by atoms with Crippen LogP contribution in [0.2, 0.25) is 5.02 Å². The number of pyridine rings is 1. The van der Waals surface area contributed by atoms with Crippen LogP contribution in [0.4, 0.5) is 0 Å². The van der Waals surface area contributed by atoms with E-state index in [0.717, 1.165) is 28.7 Å². The molecule has 0 unspecified atom stereocenters. The minimum atomic E-state index is -0.150. The Morgan fingerprint density at radius 1 is 1.03 bits per heavy atom. The van der Waals surface area contributed by atoms with Crippen molar-refractivity contribution in [3.05, 3.63) is 72.1 Å². The molecule has 6 rings (SSSR count). The van der Waals surface area contributed by atoms with E-state index in [2.05, 4.69) is 15.0 Å². The number of ether oxygens (including phenoxy) is 2. The van der Waals surface area contributed by atoms with E-state index in [4.69, 9.17) is 30.5 Å². The van der Waals surface area contributed by atoms with Crippen molar-refractivity contribution in [3.8, 4) is 39.8 Å². The Kier molecular flexibility index (Phi) is 6.38. The quantitative estimate of drug-likeness (QED) is 0.295. The van der Waals surface area contributed by atoms with Crippen molar-refractivity contribution in [1.29, 1.82) is 0 Å². The van der Waals surface area contributed by atoms with Crippen molar-refractivity contribution in [2.24, 2.45) is 5.92 Å². The number of oxazole rings is 1. The van der Waals surface area contributed by atoms with Crippen LogP contribution in [0.1, 0.15) is 13.3 Å². The first-order valence-electron chi connectivity index (χ1n) is 12.1. The van der Waals surface area contributed by atoms with Crippen LogP contribution >= 0.6 is 11.6 Å². The number of nitrogens with one attached hydrogen (secondary N) is 1. The standard InChI is InChI=1S/C28H25ClN4O4/c1-16-12-21(15-36-24(16)14-34)37-28-31-23-13-22(29)25(32-26(23)33-28)19-6-2-17(3-7-19)18-4-8-20(9-5-18)27-30-10-11-35-27/h2-11,13,16,21,24,34H,12,14-15H2,1H3,(H,31,32,33)/t16-,21+,24+/m0/s1. The number of H-pyrrole nitrogens is 1. The number of hydrogen-bond acceptors (Lipinski definition) is 7. The number of aliphatic hydroxyl groups excluding tert-OH is 1. The molecule has 1 fully saturated rings. The molecule has 0 bridgehead atoms. The summed E-state index contributed by atoms with van der Waals surface area (Å²) in [5.41, 5.74) is 5.85. The molecule has 8 nitrogen and oxygen atoms in total. The van der Waals surface area contributed by atoms with Gasteiger partial charge in [0.15, 0.2) is 5.65 Å². The van der Waals surface area contributed by atoms with E-state index in [1.807, 2.05) is 61.5 Å². The van der Waals surface area contributed by atoms with Crippen molar-refractivity contribution >= 4 is 22.8 Å². The van der Waals surface area contributed by atoms with E-state index in [-0.39, 0.29) is 24.7 Å².